The lowest BCUT2D eigenvalue weighted by molar-refractivity contribution is -0.144. The first-order chi connectivity index (χ1) is 7.07. The molecule has 15 heavy (non-hydrogen) atoms. The van der Waals surface area contributed by atoms with Crippen molar-refractivity contribution >= 4 is 5.91 Å². The predicted molar refractivity (Wildman–Crippen MR) is 48.6 cm³/mol. The van der Waals surface area contributed by atoms with Gasteiger partial charge in [0, 0.05) is 18.2 Å². The summed E-state index contributed by atoms with van der Waals surface area (Å²) in [6.45, 7) is 0. The normalized spacial score (nSPS) is 23.1. The van der Waals surface area contributed by atoms with E-state index in [-0.39, 0.29) is 11.1 Å². The number of amides is 1. The molecule has 2 rings (SSSR count). The minimum Gasteiger partial charge on any atom is -0.355 e. The van der Waals surface area contributed by atoms with Gasteiger partial charge in [0.1, 0.15) is 0 Å². The Morgan fingerprint density at radius 3 is 2.73 bits per heavy atom. The number of carbonyl (C=O) groups is 1. The van der Waals surface area contributed by atoms with Gasteiger partial charge in [-0.15, -0.1) is 0 Å². The lowest BCUT2D eigenvalue weighted by atomic mass is 9.96. The van der Waals surface area contributed by atoms with Crippen molar-refractivity contribution < 1.29 is 18.3 Å². The van der Waals surface area contributed by atoms with Gasteiger partial charge in [0.25, 0.3) is 5.91 Å². The number of nitrogens with one attached hydrogen (secondary N) is 1. The van der Waals surface area contributed by atoms with Gasteiger partial charge in [-0.3, -0.25) is 4.79 Å². The largest absolute Gasteiger partial charge is 0.355 e. The van der Waals surface area contributed by atoms with Crippen molar-refractivity contribution in [3.05, 3.63) is 35.4 Å². The second-order valence-corrected chi connectivity index (χ2v) is 3.26. The molecule has 0 radical (unpaired) electrons. The van der Waals surface area contributed by atoms with Crippen LogP contribution in [-0.4, -0.2) is 19.2 Å². The Hall–Kier alpha value is -1.49. The first-order valence-electron chi connectivity index (χ1n) is 4.38. The van der Waals surface area contributed by atoms with Crippen LogP contribution >= 0.6 is 0 Å². The number of methoxy groups -OCH3 is 1. The van der Waals surface area contributed by atoms with Crippen LogP contribution in [-0.2, 0) is 10.7 Å². The molecule has 0 bridgehead atoms. The molecule has 3 nitrogen and oxygen atoms in total. The van der Waals surface area contributed by atoms with Crippen LogP contribution in [0.4, 0.5) is 8.78 Å². The number of hydrogen-bond acceptors (Lipinski definition) is 2. The monoisotopic (exact) mass is 213 g/mol. The first kappa shape index (κ1) is 10.0. The third-order valence-corrected chi connectivity index (χ3v) is 2.36. The lowest BCUT2D eigenvalue weighted by Crippen LogP contribution is -2.52. The van der Waals surface area contributed by atoms with E-state index in [0.717, 1.165) is 7.11 Å². The molecule has 0 aliphatic carbocycles. The van der Waals surface area contributed by atoms with Crippen molar-refractivity contribution in [2.45, 2.75) is 12.2 Å². The molecule has 1 aromatic rings. The minimum atomic E-state index is -3.20. The quantitative estimate of drug-likeness (QED) is 0.767. The van der Waals surface area contributed by atoms with Crippen LogP contribution in [0, 0.1) is 0 Å². The number of alkyl halides is 2. The summed E-state index contributed by atoms with van der Waals surface area (Å²) in [6, 6.07) is 5.62. The number of carbonyl (C=O) groups excluding carboxylic acids is 1. The van der Waals surface area contributed by atoms with Crippen molar-refractivity contribution in [2.24, 2.45) is 0 Å². The van der Waals surface area contributed by atoms with E-state index < -0.39 is 18.1 Å². The van der Waals surface area contributed by atoms with Gasteiger partial charge in [-0.2, -0.15) is 8.78 Å². The second kappa shape index (κ2) is 3.27. The lowest BCUT2D eigenvalue weighted by Gasteiger charge is -2.32. The van der Waals surface area contributed by atoms with Crippen molar-refractivity contribution in [1.82, 2.24) is 5.32 Å². The summed E-state index contributed by atoms with van der Waals surface area (Å²) in [4.78, 5) is 11.4. The molecule has 0 fully saturated rings. The van der Waals surface area contributed by atoms with E-state index in [4.69, 9.17) is 0 Å². The zero-order valence-corrected chi connectivity index (χ0v) is 7.96. The Kier molecular flexibility index (Phi) is 2.19. The molecular formula is C10H9F2NO2. The number of ether oxygens (including phenoxy) is 1. The molecule has 1 aromatic carbocycles. The van der Waals surface area contributed by atoms with Gasteiger partial charge in [0.05, 0.1) is 0 Å². The molecule has 80 valence electrons. The van der Waals surface area contributed by atoms with E-state index in [1.54, 1.807) is 6.07 Å². The van der Waals surface area contributed by atoms with E-state index in [0.29, 0.717) is 0 Å². The highest BCUT2D eigenvalue weighted by Gasteiger charge is 2.48. The first-order valence-corrected chi connectivity index (χ1v) is 4.38. The van der Waals surface area contributed by atoms with Crippen LogP contribution in [0.3, 0.4) is 0 Å². The Morgan fingerprint density at radius 1 is 1.40 bits per heavy atom. The minimum absolute atomic E-state index is 0.00389. The van der Waals surface area contributed by atoms with Gasteiger partial charge in [-0.05, 0) is 6.07 Å². The smallest absolute Gasteiger partial charge is 0.317 e. The van der Waals surface area contributed by atoms with Gasteiger partial charge >= 0.3 is 5.92 Å². The van der Waals surface area contributed by atoms with Crippen LogP contribution < -0.4 is 5.32 Å². The van der Waals surface area contributed by atoms with Gasteiger partial charge in [-0.25, -0.2) is 0 Å². The van der Waals surface area contributed by atoms with E-state index in [1.807, 2.05) is 0 Å². The van der Waals surface area contributed by atoms with E-state index in [2.05, 4.69) is 10.1 Å². The fraction of sp³-hybridized carbons (Fsp3) is 0.300. The van der Waals surface area contributed by atoms with Crippen molar-refractivity contribution in [3.63, 3.8) is 0 Å². The van der Waals surface area contributed by atoms with E-state index >= 15 is 0 Å². The number of fused-ring (bicyclic) bond motifs is 1. The molecule has 1 N–H and O–H groups in total. The third kappa shape index (κ3) is 1.39. The number of rotatable bonds is 1. The summed E-state index contributed by atoms with van der Waals surface area (Å²) in [5.41, 5.74) is -0.295. The zero-order valence-electron chi connectivity index (χ0n) is 7.96. The highest BCUT2D eigenvalue weighted by atomic mass is 19.3. The number of halogens is 2. The summed E-state index contributed by atoms with van der Waals surface area (Å²) in [5.74, 6) is -3.73. The number of benzene rings is 1. The number of hydrogen-bond donors (Lipinski definition) is 1. The molecule has 0 spiro atoms. The standard InChI is InChI=1S/C10H9F2NO2/c1-15-9-10(11,12)7-5-3-2-4-6(7)8(14)13-9/h2-5,9H,1H3,(H,13,14). The van der Waals surface area contributed by atoms with E-state index in [9.17, 15) is 13.6 Å². The molecule has 1 amide bonds. The molecule has 0 saturated carbocycles. The van der Waals surface area contributed by atoms with Gasteiger partial charge in [-0.1, -0.05) is 18.2 Å². The van der Waals surface area contributed by atoms with Crippen molar-refractivity contribution in [3.8, 4) is 0 Å². The maximum Gasteiger partial charge on any atom is 0.317 e. The van der Waals surface area contributed by atoms with E-state index in [1.165, 1.54) is 18.2 Å². The fourth-order valence-electron chi connectivity index (χ4n) is 1.61. The molecule has 1 aliphatic heterocycles. The fourth-order valence-corrected chi connectivity index (χ4v) is 1.61. The molecule has 1 unspecified atom stereocenters. The van der Waals surface area contributed by atoms with Gasteiger partial charge in [0.2, 0.25) is 0 Å². The molecule has 0 saturated heterocycles. The highest BCUT2D eigenvalue weighted by molar-refractivity contribution is 5.97. The van der Waals surface area contributed by atoms with Crippen molar-refractivity contribution in [2.75, 3.05) is 7.11 Å². The maximum atomic E-state index is 13.7. The Bertz CT molecular complexity index is 406. The SMILES string of the molecule is COC1NC(=O)c2ccccc2C1(F)F. The molecule has 1 atom stereocenters. The molecule has 1 aliphatic rings. The maximum absolute atomic E-state index is 13.7. The zero-order chi connectivity index (χ0) is 11.1. The second-order valence-electron chi connectivity index (χ2n) is 3.26. The summed E-state index contributed by atoms with van der Waals surface area (Å²) >= 11 is 0. The molecule has 1 heterocycles. The highest BCUT2D eigenvalue weighted by Crippen LogP contribution is 2.37. The van der Waals surface area contributed by atoms with Crippen LogP contribution in [0.2, 0.25) is 0 Å². The third-order valence-electron chi connectivity index (χ3n) is 2.36. The molecule has 5 heteroatoms. The summed E-state index contributed by atoms with van der Waals surface area (Å²) in [6.07, 6.45) is -1.60. The topological polar surface area (TPSA) is 38.3 Å². The summed E-state index contributed by atoms with van der Waals surface area (Å²) < 4.78 is 31.9. The predicted octanol–water partition coefficient (Wildman–Crippen LogP) is 1.49. The Labute approximate surface area is 85.0 Å². The summed E-state index contributed by atoms with van der Waals surface area (Å²) in [7, 11) is 1.13. The van der Waals surface area contributed by atoms with Crippen LogP contribution in [0.15, 0.2) is 24.3 Å². The van der Waals surface area contributed by atoms with Gasteiger partial charge < -0.3 is 10.1 Å². The molecule has 0 aromatic heterocycles. The van der Waals surface area contributed by atoms with Crippen molar-refractivity contribution in [1.29, 1.82) is 0 Å². The molecular weight excluding hydrogens is 204 g/mol. The Balaban J connectivity index is 2.57. The average Bonchev–Trinajstić information content (AvgIpc) is 2.24. The van der Waals surface area contributed by atoms with Gasteiger partial charge in [0.15, 0.2) is 6.23 Å². The van der Waals surface area contributed by atoms with Crippen LogP contribution in [0.1, 0.15) is 15.9 Å². The van der Waals surface area contributed by atoms with Crippen LogP contribution in [0.25, 0.3) is 0 Å². The van der Waals surface area contributed by atoms with Crippen LogP contribution in [0.5, 0.6) is 0 Å². The Morgan fingerprint density at radius 2 is 2.07 bits per heavy atom. The average molecular weight is 213 g/mol. The summed E-state index contributed by atoms with van der Waals surface area (Å²) in [5, 5.41) is 2.10.